The molecule has 4 aromatic rings. The van der Waals surface area contributed by atoms with Crippen LogP contribution in [-0.2, 0) is 0 Å². The van der Waals surface area contributed by atoms with Crippen LogP contribution in [0.2, 0.25) is 0 Å². The lowest BCUT2D eigenvalue weighted by Gasteiger charge is -2.09. The third-order valence-corrected chi connectivity index (χ3v) is 4.30. The van der Waals surface area contributed by atoms with E-state index in [1.807, 2.05) is 72.8 Å². The molecule has 0 aliphatic heterocycles. The average molecular weight is 370 g/mol. The first-order chi connectivity index (χ1) is 13.7. The maximum absolute atomic E-state index is 9.43. The van der Waals surface area contributed by atoms with Crippen LogP contribution in [0, 0.1) is 0 Å². The molecule has 28 heavy (non-hydrogen) atoms. The van der Waals surface area contributed by atoms with E-state index in [4.69, 9.17) is 9.78 Å². The third kappa shape index (κ3) is 4.07. The quantitative estimate of drug-likeness (QED) is 0.344. The summed E-state index contributed by atoms with van der Waals surface area (Å²) in [6.07, 6.45) is 0. The Labute approximate surface area is 162 Å². The summed E-state index contributed by atoms with van der Waals surface area (Å²) >= 11 is 0. The molecule has 0 aliphatic rings. The molecule has 0 bridgehead atoms. The number of hydrogen-bond donors (Lipinski definition) is 2. The summed E-state index contributed by atoms with van der Waals surface area (Å²) in [6.45, 7) is 0. The number of hydrogen-bond acceptors (Lipinski definition) is 4. The topological polar surface area (TPSA) is 58.9 Å². The van der Waals surface area contributed by atoms with Crippen LogP contribution < -0.4 is 9.78 Å². The Bertz CT molecular complexity index is 981. The lowest BCUT2D eigenvalue weighted by atomic mass is 10.1. The van der Waals surface area contributed by atoms with Crippen LogP contribution in [0.15, 0.2) is 97.1 Å². The van der Waals surface area contributed by atoms with Crippen LogP contribution in [0.4, 0.5) is 0 Å². The summed E-state index contributed by atoms with van der Waals surface area (Å²) in [4.78, 5) is 11.0. The molecule has 4 rings (SSSR count). The lowest BCUT2D eigenvalue weighted by molar-refractivity contribution is -0.0998. The molecule has 0 aliphatic carbocycles. The van der Waals surface area contributed by atoms with Crippen molar-refractivity contribution in [2.45, 2.75) is 0 Å². The molecule has 4 aromatic carbocycles. The Kier molecular flexibility index (Phi) is 4.85. The number of rotatable bonds is 5. The maximum Gasteiger partial charge on any atom is 0.179 e. The summed E-state index contributed by atoms with van der Waals surface area (Å²) in [7, 11) is 0. The van der Waals surface area contributed by atoms with Gasteiger partial charge in [0.15, 0.2) is 11.5 Å². The molecule has 0 saturated carbocycles. The normalized spacial score (nSPS) is 10.4. The predicted octanol–water partition coefficient (Wildman–Crippen LogP) is 5.80. The largest absolute Gasteiger partial charge is 0.508 e. The van der Waals surface area contributed by atoms with Crippen molar-refractivity contribution in [2.24, 2.45) is 0 Å². The van der Waals surface area contributed by atoms with Gasteiger partial charge < -0.3 is 10.2 Å². The SMILES string of the molecule is Oc1ccc(-c2cccc(OOc3cccc(-c4ccc(O)cc4)c3)c2)cc1. The van der Waals surface area contributed by atoms with Gasteiger partial charge in [0.2, 0.25) is 0 Å². The average Bonchev–Trinajstić information content (AvgIpc) is 2.74. The summed E-state index contributed by atoms with van der Waals surface area (Å²) in [5.41, 5.74) is 3.85. The summed E-state index contributed by atoms with van der Waals surface area (Å²) in [5.74, 6) is 1.60. The molecule has 0 unspecified atom stereocenters. The molecule has 0 saturated heterocycles. The number of phenolic OH excluding ortho intramolecular Hbond substituents is 2. The van der Waals surface area contributed by atoms with Crippen molar-refractivity contribution >= 4 is 0 Å². The summed E-state index contributed by atoms with van der Waals surface area (Å²) < 4.78 is 0. The fourth-order valence-electron chi connectivity index (χ4n) is 2.86. The number of phenols is 2. The second-order valence-corrected chi connectivity index (χ2v) is 6.32. The van der Waals surface area contributed by atoms with Crippen LogP contribution in [0.3, 0.4) is 0 Å². The monoisotopic (exact) mass is 370 g/mol. The zero-order valence-corrected chi connectivity index (χ0v) is 14.9. The van der Waals surface area contributed by atoms with Crippen LogP contribution in [0.5, 0.6) is 23.0 Å². The highest BCUT2D eigenvalue weighted by molar-refractivity contribution is 5.66. The molecule has 4 heteroatoms. The van der Waals surface area contributed by atoms with Gasteiger partial charge in [0.25, 0.3) is 0 Å². The van der Waals surface area contributed by atoms with Gasteiger partial charge in [-0.25, -0.2) is 0 Å². The van der Waals surface area contributed by atoms with Crippen molar-refractivity contribution in [1.82, 2.24) is 0 Å². The minimum atomic E-state index is 0.230. The van der Waals surface area contributed by atoms with Crippen molar-refractivity contribution < 1.29 is 20.0 Å². The highest BCUT2D eigenvalue weighted by Gasteiger charge is 2.04. The second kappa shape index (κ2) is 7.76. The van der Waals surface area contributed by atoms with Gasteiger partial charge in [-0.15, -0.1) is 0 Å². The van der Waals surface area contributed by atoms with E-state index >= 15 is 0 Å². The number of benzene rings is 4. The number of aromatic hydroxyl groups is 2. The standard InChI is InChI=1S/C24H18O4/c25-21-11-7-17(8-12-21)19-3-1-5-23(15-19)27-28-24-6-2-4-20(16-24)18-9-13-22(26)14-10-18/h1-16,25-26H. The Balaban J connectivity index is 1.49. The Morgan fingerprint density at radius 1 is 0.429 bits per heavy atom. The molecular formula is C24H18O4. The molecule has 0 amide bonds. The van der Waals surface area contributed by atoms with Gasteiger partial charge in [-0.3, -0.25) is 9.78 Å². The van der Waals surface area contributed by atoms with Crippen molar-refractivity contribution in [1.29, 1.82) is 0 Å². The van der Waals surface area contributed by atoms with E-state index < -0.39 is 0 Å². The predicted molar refractivity (Wildman–Crippen MR) is 108 cm³/mol. The maximum atomic E-state index is 9.43. The summed E-state index contributed by atoms with van der Waals surface area (Å²) in [5, 5.41) is 18.9. The van der Waals surface area contributed by atoms with Crippen LogP contribution >= 0.6 is 0 Å². The first-order valence-electron chi connectivity index (χ1n) is 8.81. The smallest absolute Gasteiger partial charge is 0.179 e. The molecule has 0 atom stereocenters. The molecule has 0 fully saturated rings. The van der Waals surface area contributed by atoms with E-state index in [-0.39, 0.29) is 11.5 Å². The van der Waals surface area contributed by atoms with Gasteiger partial charge in [-0.2, -0.15) is 0 Å². The van der Waals surface area contributed by atoms with Gasteiger partial charge in [0.05, 0.1) is 0 Å². The first-order valence-corrected chi connectivity index (χ1v) is 8.81. The molecule has 0 spiro atoms. The molecule has 0 aromatic heterocycles. The highest BCUT2D eigenvalue weighted by atomic mass is 17.2. The van der Waals surface area contributed by atoms with Crippen LogP contribution in [0.1, 0.15) is 0 Å². The lowest BCUT2D eigenvalue weighted by Crippen LogP contribution is -2.00. The molecule has 2 N–H and O–H groups in total. The zero-order chi connectivity index (χ0) is 19.3. The van der Waals surface area contributed by atoms with Gasteiger partial charge in [0.1, 0.15) is 11.5 Å². The highest BCUT2D eigenvalue weighted by Crippen LogP contribution is 2.28. The van der Waals surface area contributed by atoms with E-state index in [2.05, 4.69) is 0 Å². The fourth-order valence-corrected chi connectivity index (χ4v) is 2.86. The Hall–Kier alpha value is -3.92. The van der Waals surface area contributed by atoms with E-state index in [9.17, 15) is 10.2 Å². The first kappa shape index (κ1) is 17.5. The van der Waals surface area contributed by atoms with Gasteiger partial charge >= 0.3 is 0 Å². The fraction of sp³-hybridized carbons (Fsp3) is 0. The van der Waals surface area contributed by atoms with Crippen molar-refractivity contribution in [3.63, 3.8) is 0 Å². The van der Waals surface area contributed by atoms with Crippen molar-refractivity contribution in [3.8, 4) is 45.3 Å². The minimum absolute atomic E-state index is 0.230. The van der Waals surface area contributed by atoms with Crippen LogP contribution in [-0.4, -0.2) is 10.2 Å². The van der Waals surface area contributed by atoms with Crippen molar-refractivity contribution in [2.75, 3.05) is 0 Å². The zero-order valence-electron chi connectivity index (χ0n) is 14.9. The summed E-state index contributed by atoms with van der Waals surface area (Å²) in [6, 6.07) is 29.0. The Morgan fingerprint density at radius 2 is 0.821 bits per heavy atom. The van der Waals surface area contributed by atoms with Gasteiger partial charge in [-0.05, 0) is 70.8 Å². The third-order valence-electron chi connectivity index (χ3n) is 4.30. The van der Waals surface area contributed by atoms with E-state index in [0.717, 1.165) is 22.3 Å². The minimum Gasteiger partial charge on any atom is -0.508 e. The molecule has 4 nitrogen and oxygen atoms in total. The van der Waals surface area contributed by atoms with Crippen LogP contribution in [0.25, 0.3) is 22.3 Å². The van der Waals surface area contributed by atoms with Gasteiger partial charge in [-0.1, -0.05) is 48.5 Å². The molecule has 0 radical (unpaired) electrons. The van der Waals surface area contributed by atoms with E-state index in [1.165, 1.54) is 0 Å². The molecule has 0 heterocycles. The van der Waals surface area contributed by atoms with E-state index in [0.29, 0.717) is 11.5 Å². The van der Waals surface area contributed by atoms with E-state index in [1.54, 1.807) is 24.3 Å². The second-order valence-electron chi connectivity index (χ2n) is 6.32. The molecule has 138 valence electrons. The van der Waals surface area contributed by atoms with Crippen molar-refractivity contribution in [3.05, 3.63) is 97.1 Å². The Morgan fingerprint density at radius 3 is 1.21 bits per heavy atom. The van der Waals surface area contributed by atoms with Gasteiger partial charge in [0, 0.05) is 0 Å². The molecular weight excluding hydrogens is 352 g/mol.